The summed E-state index contributed by atoms with van der Waals surface area (Å²) in [5.41, 5.74) is 8.16. The van der Waals surface area contributed by atoms with Crippen molar-refractivity contribution in [2.45, 2.75) is 6.92 Å². The lowest BCUT2D eigenvalue weighted by Crippen LogP contribution is -1.98. The van der Waals surface area contributed by atoms with E-state index < -0.39 is 0 Å². The van der Waals surface area contributed by atoms with Crippen LogP contribution in [0.3, 0.4) is 0 Å². The summed E-state index contributed by atoms with van der Waals surface area (Å²) in [4.78, 5) is 0. The highest BCUT2D eigenvalue weighted by Gasteiger charge is 2.01. The summed E-state index contributed by atoms with van der Waals surface area (Å²) in [5.74, 6) is 0. The second kappa shape index (κ2) is 4.11. The van der Waals surface area contributed by atoms with E-state index in [4.69, 9.17) is 11.0 Å². The number of rotatable bonds is 1. The molecule has 0 aromatic heterocycles. The topological polar surface area (TPSA) is 49.8 Å². The van der Waals surface area contributed by atoms with E-state index in [1.54, 1.807) is 0 Å². The average molecular weight is 237 g/mol. The number of aryl methyl sites for hydroxylation is 1. The van der Waals surface area contributed by atoms with Crippen LogP contribution in [0.1, 0.15) is 11.1 Å². The molecule has 0 heterocycles. The van der Waals surface area contributed by atoms with E-state index in [-0.39, 0.29) is 0 Å². The third kappa shape index (κ3) is 2.33. The van der Waals surface area contributed by atoms with Crippen LogP contribution in [0.2, 0.25) is 0 Å². The SMILES string of the molecule is Cc1ccc(Br)cc1/C(N)=C/C#N. The number of nitrogens with two attached hydrogens (primary N) is 1. The predicted octanol–water partition coefficient (Wildman–Crippen LogP) is 2.58. The molecule has 0 atom stereocenters. The fraction of sp³-hybridized carbons (Fsp3) is 0.100. The first-order valence-corrected chi connectivity index (χ1v) is 4.56. The molecule has 3 heteroatoms. The third-order valence-corrected chi connectivity index (χ3v) is 2.22. The fourth-order valence-electron chi connectivity index (χ4n) is 1.05. The standard InChI is InChI=1S/C10H9BrN2/c1-7-2-3-8(11)6-9(7)10(13)4-5-12/h2-4,6H,13H2,1H3/b10-4-. The van der Waals surface area contributed by atoms with Gasteiger partial charge in [0, 0.05) is 21.8 Å². The molecule has 0 fully saturated rings. The van der Waals surface area contributed by atoms with Gasteiger partial charge in [-0.15, -0.1) is 0 Å². The van der Waals surface area contributed by atoms with Crippen molar-refractivity contribution in [3.05, 3.63) is 39.9 Å². The Morgan fingerprint density at radius 2 is 2.31 bits per heavy atom. The van der Waals surface area contributed by atoms with Crippen molar-refractivity contribution in [1.29, 1.82) is 5.26 Å². The quantitative estimate of drug-likeness (QED) is 0.763. The number of nitrogens with zero attached hydrogens (tertiary/aromatic N) is 1. The van der Waals surface area contributed by atoms with E-state index in [2.05, 4.69) is 15.9 Å². The Morgan fingerprint density at radius 3 is 2.92 bits per heavy atom. The zero-order valence-electron chi connectivity index (χ0n) is 7.21. The van der Waals surface area contributed by atoms with Crippen molar-refractivity contribution in [1.82, 2.24) is 0 Å². The monoisotopic (exact) mass is 236 g/mol. The van der Waals surface area contributed by atoms with E-state index in [1.165, 1.54) is 6.08 Å². The molecule has 0 radical (unpaired) electrons. The molecule has 0 aliphatic rings. The zero-order chi connectivity index (χ0) is 9.84. The lowest BCUT2D eigenvalue weighted by atomic mass is 10.1. The summed E-state index contributed by atoms with van der Waals surface area (Å²) in [7, 11) is 0. The summed E-state index contributed by atoms with van der Waals surface area (Å²) in [6, 6.07) is 7.71. The van der Waals surface area contributed by atoms with E-state index in [0.717, 1.165) is 15.6 Å². The minimum atomic E-state index is 0.501. The first-order valence-electron chi connectivity index (χ1n) is 3.77. The zero-order valence-corrected chi connectivity index (χ0v) is 8.80. The van der Waals surface area contributed by atoms with Gasteiger partial charge in [-0.05, 0) is 24.6 Å². The van der Waals surface area contributed by atoms with Gasteiger partial charge >= 0.3 is 0 Å². The van der Waals surface area contributed by atoms with Crippen molar-refractivity contribution in [2.75, 3.05) is 0 Å². The van der Waals surface area contributed by atoms with Crippen LogP contribution in [0.4, 0.5) is 0 Å². The van der Waals surface area contributed by atoms with Crippen LogP contribution in [0.15, 0.2) is 28.7 Å². The maximum Gasteiger partial charge on any atom is 0.0933 e. The molecule has 1 rings (SSSR count). The summed E-state index contributed by atoms with van der Waals surface area (Å²) < 4.78 is 0.961. The Bertz CT molecular complexity index is 388. The molecule has 0 bridgehead atoms. The van der Waals surface area contributed by atoms with Crippen LogP contribution < -0.4 is 5.73 Å². The number of halogens is 1. The second-order valence-electron chi connectivity index (χ2n) is 2.69. The lowest BCUT2D eigenvalue weighted by Gasteiger charge is -2.04. The molecule has 13 heavy (non-hydrogen) atoms. The van der Waals surface area contributed by atoms with E-state index in [1.807, 2.05) is 31.2 Å². The highest BCUT2D eigenvalue weighted by molar-refractivity contribution is 9.10. The normalized spacial score (nSPS) is 11.0. The molecule has 2 nitrogen and oxygen atoms in total. The Kier molecular flexibility index (Phi) is 3.10. The van der Waals surface area contributed by atoms with Crippen molar-refractivity contribution in [3.63, 3.8) is 0 Å². The van der Waals surface area contributed by atoms with Gasteiger partial charge in [-0.2, -0.15) is 5.26 Å². The molecule has 0 aliphatic carbocycles. The van der Waals surface area contributed by atoms with Crippen LogP contribution in [-0.2, 0) is 0 Å². The van der Waals surface area contributed by atoms with Gasteiger partial charge in [0.2, 0.25) is 0 Å². The third-order valence-electron chi connectivity index (χ3n) is 1.73. The summed E-state index contributed by atoms with van der Waals surface area (Å²) in [6.07, 6.45) is 1.34. The summed E-state index contributed by atoms with van der Waals surface area (Å²) in [5, 5.41) is 8.44. The van der Waals surface area contributed by atoms with Gasteiger partial charge in [-0.1, -0.05) is 22.0 Å². The first-order chi connectivity index (χ1) is 6.15. The van der Waals surface area contributed by atoms with Crippen molar-refractivity contribution < 1.29 is 0 Å². The number of allylic oxidation sites excluding steroid dienone is 1. The maximum atomic E-state index is 8.44. The van der Waals surface area contributed by atoms with Crippen molar-refractivity contribution in [2.24, 2.45) is 5.73 Å². The predicted molar refractivity (Wildman–Crippen MR) is 56.7 cm³/mol. The minimum absolute atomic E-state index is 0.501. The van der Waals surface area contributed by atoms with Gasteiger partial charge in [-0.25, -0.2) is 0 Å². The molecule has 66 valence electrons. The number of hydrogen-bond donors (Lipinski definition) is 1. The average Bonchev–Trinajstić information content (AvgIpc) is 2.09. The van der Waals surface area contributed by atoms with Crippen molar-refractivity contribution >= 4 is 21.6 Å². The molecule has 0 unspecified atom stereocenters. The van der Waals surface area contributed by atoms with Gasteiger partial charge in [0.05, 0.1) is 6.07 Å². The molecule has 0 spiro atoms. The number of hydrogen-bond acceptors (Lipinski definition) is 2. The van der Waals surface area contributed by atoms with Crippen LogP contribution in [0, 0.1) is 18.3 Å². The Hall–Kier alpha value is -1.27. The smallest absolute Gasteiger partial charge is 0.0933 e. The van der Waals surface area contributed by atoms with Gasteiger partial charge < -0.3 is 5.73 Å². The van der Waals surface area contributed by atoms with Crippen LogP contribution >= 0.6 is 15.9 Å². The molecular weight excluding hydrogens is 228 g/mol. The van der Waals surface area contributed by atoms with Gasteiger partial charge in [0.1, 0.15) is 0 Å². The number of nitriles is 1. The van der Waals surface area contributed by atoms with Crippen molar-refractivity contribution in [3.8, 4) is 6.07 Å². The summed E-state index contributed by atoms with van der Waals surface area (Å²) in [6.45, 7) is 1.96. The fourth-order valence-corrected chi connectivity index (χ4v) is 1.41. The van der Waals surface area contributed by atoms with Crippen LogP contribution in [-0.4, -0.2) is 0 Å². The highest BCUT2D eigenvalue weighted by Crippen LogP contribution is 2.19. The lowest BCUT2D eigenvalue weighted by molar-refractivity contribution is 1.38. The molecule has 0 saturated heterocycles. The van der Waals surface area contributed by atoms with Crippen LogP contribution in [0.5, 0.6) is 0 Å². The first kappa shape index (κ1) is 9.82. The van der Waals surface area contributed by atoms with E-state index >= 15 is 0 Å². The molecule has 0 saturated carbocycles. The van der Waals surface area contributed by atoms with Crippen LogP contribution in [0.25, 0.3) is 5.70 Å². The second-order valence-corrected chi connectivity index (χ2v) is 3.60. The van der Waals surface area contributed by atoms with Gasteiger partial charge in [0.15, 0.2) is 0 Å². The van der Waals surface area contributed by atoms with E-state index in [9.17, 15) is 0 Å². The Labute approximate surface area is 85.8 Å². The minimum Gasteiger partial charge on any atom is -0.398 e. The number of benzene rings is 1. The highest BCUT2D eigenvalue weighted by atomic mass is 79.9. The van der Waals surface area contributed by atoms with Gasteiger partial charge in [0.25, 0.3) is 0 Å². The Balaban J connectivity index is 3.22. The largest absolute Gasteiger partial charge is 0.398 e. The molecule has 0 amide bonds. The molecular formula is C10H9BrN2. The maximum absolute atomic E-state index is 8.44. The molecule has 1 aromatic carbocycles. The van der Waals surface area contributed by atoms with Gasteiger partial charge in [-0.3, -0.25) is 0 Å². The van der Waals surface area contributed by atoms with E-state index in [0.29, 0.717) is 5.70 Å². The molecule has 0 aliphatic heterocycles. The molecule has 2 N–H and O–H groups in total. The summed E-state index contributed by atoms with van der Waals surface area (Å²) >= 11 is 3.35. The Morgan fingerprint density at radius 1 is 1.62 bits per heavy atom. The molecule has 1 aromatic rings.